The molecule has 5 heteroatoms. The molecule has 0 radical (unpaired) electrons. The van der Waals surface area contributed by atoms with Crippen molar-refractivity contribution in [1.29, 1.82) is 0 Å². The molecule has 3 rings (SSSR count). The molecule has 2 heterocycles. The second-order valence-electron chi connectivity index (χ2n) is 6.92. The fourth-order valence-electron chi connectivity index (χ4n) is 4.27. The van der Waals surface area contributed by atoms with Crippen molar-refractivity contribution >= 4 is 5.82 Å². The minimum Gasteiger partial charge on any atom is -0.390 e. The molecule has 0 unspecified atom stereocenters. The third-order valence-corrected chi connectivity index (χ3v) is 5.46. The molecular weight excluding hydrogens is 281 g/mol. The highest BCUT2D eigenvalue weighted by Crippen LogP contribution is 2.42. The van der Waals surface area contributed by atoms with Gasteiger partial charge in [-0.1, -0.05) is 19.8 Å². The first kappa shape index (κ1) is 15.7. The minimum atomic E-state index is -0.650. The van der Waals surface area contributed by atoms with Gasteiger partial charge in [-0.15, -0.1) is 0 Å². The van der Waals surface area contributed by atoms with E-state index in [4.69, 9.17) is 0 Å². The summed E-state index contributed by atoms with van der Waals surface area (Å²) in [5.74, 6) is 0.339. The molecule has 1 saturated heterocycles. The van der Waals surface area contributed by atoms with Crippen LogP contribution in [0.5, 0.6) is 0 Å². The fraction of sp³-hybridized carbons (Fsp3) is 0.765. The highest BCUT2D eigenvalue weighted by molar-refractivity contribution is 5.44. The molecule has 0 spiro atoms. The van der Waals surface area contributed by atoms with Crippen LogP contribution < -0.4 is 4.90 Å². The summed E-state index contributed by atoms with van der Waals surface area (Å²) in [5.41, 5.74) is -0.172. The van der Waals surface area contributed by atoms with Crippen LogP contribution in [0.4, 0.5) is 10.2 Å². The summed E-state index contributed by atoms with van der Waals surface area (Å²) in [4.78, 5) is 10.3. The second kappa shape index (κ2) is 6.11. The van der Waals surface area contributed by atoms with Gasteiger partial charge in [-0.25, -0.2) is 14.4 Å². The molecule has 1 aliphatic carbocycles. The number of anilines is 1. The van der Waals surface area contributed by atoms with Crippen LogP contribution in [-0.2, 0) is 6.42 Å². The van der Waals surface area contributed by atoms with Crippen molar-refractivity contribution in [3.05, 3.63) is 17.8 Å². The van der Waals surface area contributed by atoms with Crippen LogP contribution in [-0.4, -0.2) is 33.3 Å². The number of halogens is 1. The summed E-state index contributed by atoms with van der Waals surface area (Å²) in [7, 11) is 0. The lowest BCUT2D eigenvalue weighted by atomic mass is 9.72. The number of hydrogen-bond donors (Lipinski definition) is 1. The Morgan fingerprint density at radius 1 is 1.32 bits per heavy atom. The molecule has 2 aliphatic rings. The predicted molar refractivity (Wildman–Crippen MR) is 84.3 cm³/mol. The third-order valence-electron chi connectivity index (χ3n) is 5.46. The van der Waals surface area contributed by atoms with Gasteiger partial charge in [-0.2, -0.15) is 0 Å². The Morgan fingerprint density at radius 3 is 2.86 bits per heavy atom. The van der Waals surface area contributed by atoms with Crippen LogP contribution in [0.3, 0.4) is 0 Å². The lowest BCUT2D eigenvalue weighted by Crippen LogP contribution is -2.49. The van der Waals surface area contributed by atoms with Crippen LogP contribution in [0, 0.1) is 11.7 Å². The summed E-state index contributed by atoms with van der Waals surface area (Å²) in [6.07, 6.45) is 8.16. The molecule has 3 atom stereocenters. The maximum atomic E-state index is 14.6. The van der Waals surface area contributed by atoms with Gasteiger partial charge in [-0.3, -0.25) is 0 Å². The van der Waals surface area contributed by atoms with E-state index in [1.54, 1.807) is 0 Å². The summed E-state index contributed by atoms with van der Waals surface area (Å²) in [6.45, 7) is 4.66. The Balaban J connectivity index is 1.90. The number of aromatic nitrogens is 2. The van der Waals surface area contributed by atoms with E-state index in [1.807, 2.05) is 13.8 Å². The van der Waals surface area contributed by atoms with Crippen molar-refractivity contribution in [3.63, 3.8) is 0 Å². The Morgan fingerprint density at radius 2 is 2.14 bits per heavy atom. The summed E-state index contributed by atoms with van der Waals surface area (Å²) >= 11 is 0. The van der Waals surface area contributed by atoms with Gasteiger partial charge in [0.2, 0.25) is 0 Å². The van der Waals surface area contributed by atoms with Crippen LogP contribution >= 0.6 is 0 Å². The van der Waals surface area contributed by atoms with Gasteiger partial charge >= 0.3 is 0 Å². The van der Waals surface area contributed by atoms with E-state index in [1.165, 1.54) is 6.33 Å². The van der Waals surface area contributed by atoms with E-state index < -0.39 is 5.60 Å². The molecule has 1 aromatic rings. The maximum absolute atomic E-state index is 14.6. The summed E-state index contributed by atoms with van der Waals surface area (Å²) < 4.78 is 14.6. The average Bonchev–Trinajstić information content (AvgIpc) is 2.96. The smallest absolute Gasteiger partial charge is 0.187 e. The standard InChI is InChI=1S/C17H26FN3O/c1-3-13-15(18)16(20-11-19-13)21-10-6-8-14(21)12-7-4-5-9-17(12,2)22/h11-12,14,22H,3-10H2,1-2H3/t12-,14-,17+/m1/s1. The minimum absolute atomic E-state index is 0.185. The largest absolute Gasteiger partial charge is 0.390 e. The van der Waals surface area contributed by atoms with E-state index >= 15 is 0 Å². The number of aryl methyl sites for hydroxylation is 1. The van der Waals surface area contributed by atoms with Crippen LogP contribution in [0.1, 0.15) is 58.1 Å². The van der Waals surface area contributed by atoms with Crippen molar-refractivity contribution in [3.8, 4) is 0 Å². The van der Waals surface area contributed by atoms with Gasteiger partial charge in [-0.05, 0) is 39.0 Å². The van der Waals surface area contributed by atoms with Crippen LogP contribution in [0.25, 0.3) is 0 Å². The molecule has 122 valence electrons. The average molecular weight is 307 g/mol. The molecule has 1 aromatic heterocycles. The van der Waals surface area contributed by atoms with Gasteiger partial charge in [0.25, 0.3) is 0 Å². The maximum Gasteiger partial charge on any atom is 0.187 e. The molecule has 1 saturated carbocycles. The molecule has 0 aromatic carbocycles. The normalized spacial score (nSPS) is 32.5. The van der Waals surface area contributed by atoms with Crippen LogP contribution in [0.15, 0.2) is 6.33 Å². The Bertz CT molecular complexity index is 535. The summed E-state index contributed by atoms with van der Waals surface area (Å²) in [6, 6.07) is 0.185. The Hall–Kier alpha value is -1.23. The first-order valence-corrected chi connectivity index (χ1v) is 8.53. The quantitative estimate of drug-likeness (QED) is 0.932. The molecular formula is C17H26FN3O. The topological polar surface area (TPSA) is 49.2 Å². The van der Waals surface area contributed by atoms with Crippen LogP contribution in [0.2, 0.25) is 0 Å². The Labute approximate surface area is 131 Å². The molecule has 0 amide bonds. The number of nitrogens with zero attached hydrogens (tertiary/aromatic N) is 3. The molecule has 2 fully saturated rings. The first-order chi connectivity index (χ1) is 10.5. The van der Waals surface area contributed by atoms with Gasteiger partial charge in [0.15, 0.2) is 11.6 Å². The van der Waals surface area contributed by atoms with Crippen molar-refractivity contribution < 1.29 is 9.50 Å². The van der Waals surface area contributed by atoms with E-state index in [9.17, 15) is 9.50 Å². The van der Waals surface area contributed by atoms with E-state index in [-0.39, 0.29) is 17.8 Å². The van der Waals surface area contributed by atoms with Crippen molar-refractivity contribution in [2.45, 2.75) is 70.4 Å². The van der Waals surface area contributed by atoms with Gasteiger partial charge in [0.05, 0.1) is 11.3 Å². The van der Waals surface area contributed by atoms with Crippen molar-refractivity contribution in [2.24, 2.45) is 5.92 Å². The van der Waals surface area contributed by atoms with Gasteiger partial charge < -0.3 is 10.0 Å². The van der Waals surface area contributed by atoms with Gasteiger partial charge in [0.1, 0.15) is 6.33 Å². The molecule has 0 bridgehead atoms. The summed E-state index contributed by atoms with van der Waals surface area (Å²) in [5, 5.41) is 10.8. The Kier molecular flexibility index (Phi) is 4.35. The zero-order valence-corrected chi connectivity index (χ0v) is 13.6. The number of rotatable bonds is 3. The zero-order chi connectivity index (χ0) is 15.7. The van der Waals surface area contributed by atoms with E-state index in [0.29, 0.717) is 17.9 Å². The highest BCUT2D eigenvalue weighted by atomic mass is 19.1. The van der Waals surface area contributed by atoms with E-state index in [0.717, 1.165) is 45.1 Å². The molecule has 4 nitrogen and oxygen atoms in total. The highest BCUT2D eigenvalue weighted by Gasteiger charge is 2.44. The monoisotopic (exact) mass is 307 g/mol. The lowest BCUT2D eigenvalue weighted by molar-refractivity contribution is -0.0411. The lowest BCUT2D eigenvalue weighted by Gasteiger charge is -2.43. The van der Waals surface area contributed by atoms with Gasteiger partial charge in [0, 0.05) is 18.5 Å². The first-order valence-electron chi connectivity index (χ1n) is 8.53. The zero-order valence-electron chi connectivity index (χ0n) is 13.6. The third kappa shape index (κ3) is 2.71. The molecule has 22 heavy (non-hydrogen) atoms. The van der Waals surface area contributed by atoms with E-state index in [2.05, 4.69) is 14.9 Å². The molecule has 1 aliphatic heterocycles. The predicted octanol–water partition coefficient (Wildman–Crippen LogP) is 3.09. The SMILES string of the molecule is CCc1ncnc(N2CCC[C@@H]2[C@H]2CCCC[C@]2(C)O)c1F. The van der Waals surface area contributed by atoms with Crippen molar-refractivity contribution in [2.75, 3.05) is 11.4 Å². The number of hydrogen-bond acceptors (Lipinski definition) is 4. The molecule has 1 N–H and O–H groups in total. The van der Waals surface area contributed by atoms with Crippen molar-refractivity contribution in [1.82, 2.24) is 9.97 Å². The second-order valence-corrected chi connectivity index (χ2v) is 6.92. The number of aliphatic hydroxyl groups is 1. The fourth-order valence-corrected chi connectivity index (χ4v) is 4.27.